The van der Waals surface area contributed by atoms with Crippen molar-refractivity contribution in [1.82, 2.24) is 4.90 Å². The highest BCUT2D eigenvalue weighted by Crippen LogP contribution is 2.17. The van der Waals surface area contributed by atoms with Gasteiger partial charge in [0.1, 0.15) is 5.75 Å². The first-order chi connectivity index (χ1) is 14.0. The highest BCUT2D eigenvalue weighted by atomic mass is 16.5. The van der Waals surface area contributed by atoms with Gasteiger partial charge >= 0.3 is 6.03 Å². The minimum Gasteiger partial charge on any atom is -0.491 e. The Labute approximate surface area is 172 Å². The van der Waals surface area contributed by atoms with Crippen LogP contribution in [0, 0.1) is 0 Å². The first-order valence-corrected chi connectivity index (χ1v) is 9.98. The highest BCUT2D eigenvalue weighted by Gasteiger charge is 2.17. The van der Waals surface area contributed by atoms with Gasteiger partial charge in [0, 0.05) is 24.5 Å². The number of anilines is 2. The van der Waals surface area contributed by atoms with Gasteiger partial charge in [-0.25, -0.2) is 9.79 Å². The van der Waals surface area contributed by atoms with Crippen LogP contribution in [0.5, 0.6) is 5.75 Å². The van der Waals surface area contributed by atoms with Gasteiger partial charge in [0.15, 0.2) is 5.96 Å². The quantitative estimate of drug-likeness (QED) is 0.509. The van der Waals surface area contributed by atoms with E-state index < -0.39 is 0 Å². The van der Waals surface area contributed by atoms with Crippen molar-refractivity contribution in [1.29, 1.82) is 0 Å². The van der Waals surface area contributed by atoms with E-state index in [1.165, 1.54) is 0 Å². The molecular weight excluding hydrogens is 366 g/mol. The van der Waals surface area contributed by atoms with Gasteiger partial charge in [0.25, 0.3) is 0 Å². The third-order valence-corrected chi connectivity index (χ3v) is 4.50. The third-order valence-electron chi connectivity index (χ3n) is 4.50. The normalized spacial score (nSPS) is 14.2. The molecule has 1 heterocycles. The van der Waals surface area contributed by atoms with E-state index in [9.17, 15) is 4.79 Å². The Morgan fingerprint density at radius 3 is 2.52 bits per heavy atom. The molecule has 1 aliphatic rings. The summed E-state index contributed by atoms with van der Waals surface area (Å²) in [4.78, 5) is 18.5. The number of guanidine groups is 1. The van der Waals surface area contributed by atoms with Crippen molar-refractivity contribution in [2.45, 2.75) is 39.3 Å². The topological polar surface area (TPSA) is 92.0 Å². The van der Waals surface area contributed by atoms with Gasteiger partial charge in [-0.3, -0.25) is 0 Å². The van der Waals surface area contributed by atoms with Crippen molar-refractivity contribution in [2.24, 2.45) is 10.7 Å². The van der Waals surface area contributed by atoms with E-state index in [2.05, 4.69) is 15.6 Å². The van der Waals surface area contributed by atoms with Crippen molar-refractivity contribution >= 4 is 23.4 Å². The van der Waals surface area contributed by atoms with E-state index in [4.69, 9.17) is 10.5 Å². The monoisotopic (exact) mass is 395 g/mol. The smallest absolute Gasteiger partial charge is 0.321 e. The number of nitrogens with zero attached hydrogens (tertiary/aromatic N) is 2. The number of carbonyl (C=O) groups is 1. The Balaban J connectivity index is 1.54. The van der Waals surface area contributed by atoms with Crippen LogP contribution in [0.4, 0.5) is 16.2 Å². The summed E-state index contributed by atoms with van der Waals surface area (Å²) in [6, 6.07) is 15.2. The van der Waals surface area contributed by atoms with Crippen LogP contribution < -0.4 is 21.1 Å². The van der Waals surface area contributed by atoms with Crippen LogP contribution in [0.25, 0.3) is 0 Å². The Bertz CT molecular complexity index is 843. The molecule has 0 radical (unpaired) electrons. The lowest BCUT2D eigenvalue weighted by molar-refractivity contribution is 0.222. The molecule has 1 aliphatic heterocycles. The predicted molar refractivity (Wildman–Crippen MR) is 117 cm³/mol. The molecule has 29 heavy (non-hydrogen) atoms. The summed E-state index contributed by atoms with van der Waals surface area (Å²) in [7, 11) is 0. The van der Waals surface area contributed by atoms with Gasteiger partial charge < -0.3 is 26.0 Å². The Morgan fingerprint density at radius 2 is 1.83 bits per heavy atom. The Morgan fingerprint density at radius 1 is 1.10 bits per heavy atom. The molecule has 0 aliphatic carbocycles. The molecule has 2 aromatic rings. The summed E-state index contributed by atoms with van der Waals surface area (Å²) in [5.41, 5.74) is 8.58. The molecular formula is C22H29N5O2. The number of nitrogens with one attached hydrogen (secondary N) is 2. The number of rotatable bonds is 6. The first-order valence-electron chi connectivity index (χ1n) is 9.98. The number of ether oxygens (including phenoxy) is 1. The lowest BCUT2D eigenvalue weighted by atomic mass is 10.2. The molecule has 7 nitrogen and oxygen atoms in total. The second kappa shape index (κ2) is 9.82. The second-order valence-electron chi connectivity index (χ2n) is 7.34. The number of urea groups is 1. The van der Waals surface area contributed by atoms with Gasteiger partial charge in [0.2, 0.25) is 0 Å². The molecule has 2 aromatic carbocycles. The van der Waals surface area contributed by atoms with Crippen molar-refractivity contribution in [3.63, 3.8) is 0 Å². The van der Waals surface area contributed by atoms with E-state index in [0.29, 0.717) is 12.5 Å². The molecule has 0 spiro atoms. The molecule has 0 aromatic heterocycles. The van der Waals surface area contributed by atoms with Crippen LogP contribution in [0.2, 0.25) is 0 Å². The van der Waals surface area contributed by atoms with Crippen molar-refractivity contribution in [3.8, 4) is 5.75 Å². The zero-order valence-corrected chi connectivity index (χ0v) is 17.0. The number of aliphatic imine (C=N–C) groups is 1. The molecule has 3 rings (SSSR count). The predicted octanol–water partition coefficient (Wildman–Crippen LogP) is 4.03. The van der Waals surface area contributed by atoms with Crippen LogP contribution in [-0.4, -0.2) is 36.1 Å². The van der Waals surface area contributed by atoms with Gasteiger partial charge in [-0.15, -0.1) is 0 Å². The first kappa shape index (κ1) is 20.5. The third kappa shape index (κ3) is 6.41. The summed E-state index contributed by atoms with van der Waals surface area (Å²) in [6.07, 6.45) is 2.28. The van der Waals surface area contributed by atoms with Crippen LogP contribution in [0.15, 0.2) is 53.5 Å². The maximum absolute atomic E-state index is 12.2. The van der Waals surface area contributed by atoms with E-state index >= 15 is 0 Å². The maximum Gasteiger partial charge on any atom is 0.321 e. The number of nitrogens with two attached hydrogens (primary N) is 1. The average Bonchev–Trinajstić information content (AvgIpc) is 3.23. The fourth-order valence-corrected chi connectivity index (χ4v) is 3.12. The fraction of sp³-hybridized carbons (Fsp3) is 0.364. The number of hydrogen-bond donors (Lipinski definition) is 3. The second-order valence-corrected chi connectivity index (χ2v) is 7.34. The highest BCUT2D eigenvalue weighted by molar-refractivity contribution is 5.92. The molecule has 0 atom stereocenters. The van der Waals surface area contributed by atoms with E-state index in [1.807, 2.05) is 67.3 Å². The summed E-state index contributed by atoms with van der Waals surface area (Å²) < 4.78 is 5.63. The van der Waals surface area contributed by atoms with Crippen molar-refractivity contribution < 1.29 is 9.53 Å². The lowest BCUT2D eigenvalue weighted by Crippen LogP contribution is -2.32. The molecule has 0 saturated carbocycles. The lowest BCUT2D eigenvalue weighted by Gasteiger charge is -2.16. The SMILES string of the molecule is CC(C)Oc1ccc(NC(N)=NCc2cccc(NC(=O)N3CCCC3)c2)cc1. The summed E-state index contributed by atoms with van der Waals surface area (Å²) in [5, 5.41) is 6.02. The minimum atomic E-state index is -0.0470. The average molecular weight is 396 g/mol. The minimum absolute atomic E-state index is 0.0470. The molecule has 1 fully saturated rings. The van der Waals surface area contributed by atoms with Crippen LogP contribution >= 0.6 is 0 Å². The zero-order valence-electron chi connectivity index (χ0n) is 17.0. The van der Waals surface area contributed by atoms with Crippen LogP contribution in [-0.2, 0) is 6.54 Å². The molecule has 7 heteroatoms. The van der Waals surface area contributed by atoms with Gasteiger partial charge in [-0.05, 0) is 68.7 Å². The number of likely N-dealkylation sites (tertiary alicyclic amines) is 1. The van der Waals surface area contributed by atoms with Crippen LogP contribution in [0.3, 0.4) is 0 Å². The van der Waals surface area contributed by atoms with E-state index in [1.54, 1.807) is 0 Å². The molecule has 0 unspecified atom stereocenters. The van der Waals surface area contributed by atoms with E-state index in [0.717, 1.165) is 48.6 Å². The van der Waals surface area contributed by atoms with Gasteiger partial charge in [-0.1, -0.05) is 12.1 Å². The molecule has 154 valence electrons. The molecule has 2 amide bonds. The summed E-state index contributed by atoms with van der Waals surface area (Å²) in [6.45, 7) is 6.04. The largest absolute Gasteiger partial charge is 0.491 e. The molecule has 0 bridgehead atoms. The van der Waals surface area contributed by atoms with Gasteiger partial charge in [-0.2, -0.15) is 0 Å². The number of benzene rings is 2. The standard InChI is InChI=1S/C22H29N5O2/c1-16(2)29-20-10-8-18(9-11-20)25-21(23)24-15-17-6-5-7-19(14-17)26-22(28)27-12-3-4-13-27/h5-11,14,16H,3-4,12-13,15H2,1-2H3,(H,26,28)(H3,23,24,25). The van der Waals surface area contributed by atoms with E-state index in [-0.39, 0.29) is 12.1 Å². The van der Waals surface area contributed by atoms with Crippen molar-refractivity contribution in [3.05, 3.63) is 54.1 Å². The zero-order chi connectivity index (χ0) is 20.6. The Hall–Kier alpha value is -3.22. The maximum atomic E-state index is 12.2. The fourth-order valence-electron chi connectivity index (χ4n) is 3.12. The number of hydrogen-bond acceptors (Lipinski definition) is 3. The summed E-state index contributed by atoms with van der Waals surface area (Å²) in [5.74, 6) is 1.14. The molecule has 1 saturated heterocycles. The number of carbonyl (C=O) groups excluding carboxylic acids is 1. The molecule has 4 N–H and O–H groups in total. The van der Waals surface area contributed by atoms with Crippen molar-refractivity contribution in [2.75, 3.05) is 23.7 Å². The van der Waals surface area contributed by atoms with Crippen LogP contribution in [0.1, 0.15) is 32.3 Å². The number of amides is 2. The summed E-state index contributed by atoms with van der Waals surface area (Å²) >= 11 is 0. The van der Waals surface area contributed by atoms with Gasteiger partial charge in [0.05, 0.1) is 12.6 Å². The Kier molecular flexibility index (Phi) is 6.94.